The molecule has 1 aliphatic rings. The molecule has 3 nitrogen and oxygen atoms in total. The maximum atomic E-state index is 5.73. The molecular weight excluding hydrogens is 260 g/mol. The van der Waals surface area contributed by atoms with Gasteiger partial charge in [-0.2, -0.15) is 0 Å². The minimum atomic E-state index is 0.231. The number of nitrogens with one attached hydrogen (secondary N) is 1. The Morgan fingerprint density at radius 3 is 2.38 bits per heavy atom. The van der Waals surface area contributed by atoms with E-state index in [1.807, 2.05) is 0 Å². The molecule has 1 unspecified atom stereocenters. The van der Waals surface area contributed by atoms with Gasteiger partial charge in [-0.25, -0.2) is 0 Å². The lowest BCUT2D eigenvalue weighted by atomic mass is 10.1. The highest BCUT2D eigenvalue weighted by Crippen LogP contribution is 2.21. The fourth-order valence-electron chi connectivity index (χ4n) is 2.88. The van der Waals surface area contributed by atoms with E-state index in [4.69, 9.17) is 4.74 Å². The first-order chi connectivity index (χ1) is 10.2. The van der Waals surface area contributed by atoms with E-state index in [9.17, 15) is 0 Å². The molecule has 3 heteroatoms. The Balaban J connectivity index is 2.00. The van der Waals surface area contributed by atoms with E-state index in [1.165, 1.54) is 37.9 Å². The standard InChI is InChI=1S/C18H30N2O/c1-4-11-19-18(14-20-12-5-6-13-20)16-7-9-17(10-8-16)21-15(2)3/h7-10,15,18-19H,4-6,11-14H2,1-3H3. The van der Waals surface area contributed by atoms with Crippen molar-refractivity contribution in [1.29, 1.82) is 0 Å². The van der Waals surface area contributed by atoms with Gasteiger partial charge in [-0.1, -0.05) is 19.1 Å². The maximum absolute atomic E-state index is 5.73. The van der Waals surface area contributed by atoms with Crippen LogP contribution in [0.5, 0.6) is 5.75 Å². The molecule has 1 aromatic carbocycles. The van der Waals surface area contributed by atoms with E-state index >= 15 is 0 Å². The van der Waals surface area contributed by atoms with Crippen LogP contribution in [0.15, 0.2) is 24.3 Å². The molecule has 0 spiro atoms. The van der Waals surface area contributed by atoms with Gasteiger partial charge in [-0.05, 0) is 70.4 Å². The van der Waals surface area contributed by atoms with Crippen LogP contribution in [0.25, 0.3) is 0 Å². The van der Waals surface area contributed by atoms with Gasteiger partial charge in [-0.15, -0.1) is 0 Å². The Kier molecular flexibility index (Phi) is 6.52. The van der Waals surface area contributed by atoms with Crippen molar-refractivity contribution in [3.05, 3.63) is 29.8 Å². The molecule has 0 saturated carbocycles. The van der Waals surface area contributed by atoms with E-state index in [2.05, 4.69) is 55.3 Å². The van der Waals surface area contributed by atoms with E-state index in [0.29, 0.717) is 6.04 Å². The number of benzene rings is 1. The zero-order chi connectivity index (χ0) is 15.1. The maximum Gasteiger partial charge on any atom is 0.119 e. The lowest BCUT2D eigenvalue weighted by Crippen LogP contribution is -2.34. The highest BCUT2D eigenvalue weighted by atomic mass is 16.5. The van der Waals surface area contributed by atoms with Gasteiger partial charge in [0.05, 0.1) is 6.10 Å². The van der Waals surface area contributed by atoms with Crippen LogP contribution in [-0.4, -0.2) is 37.2 Å². The molecule has 1 heterocycles. The Morgan fingerprint density at radius 1 is 1.14 bits per heavy atom. The third kappa shape index (κ3) is 5.33. The van der Waals surface area contributed by atoms with Gasteiger partial charge in [0.25, 0.3) is 0 Å². The third-order valence-electron chi connectivity index (χ3n) is 3.93. The summed E-state index contributed by atoms with van der Waals surface area (Å²) in [7, 11) is 0. The lowest BCUT2D eigenvalue weighted by molar-refractivity contribution is 0.242. The fraction of sp³-hybridized carbons (Fsp3) is 0.667. The monoisotopic (exact) mass is 290 g/mol. The summed E-state index contributed by atoms with van der Waals surface area (Å²) in [6.45, 7) is 11.0. The zero-order valence-electron chi connectivity index (χ0n) is 13.8. The van der Waals surface area contributed by atoms with Crippen molar-refractivity contribution in [2.45, 2.75) is 52.2 Å². The molecule has 1 N–H and O–H groups in total. The third-order valence-corrected chi connectivity index (χ3v) is 3.93. The molecule has 118 valence electrons. The average Bonchev–Trinajstić information content (AvgIpc) is 2.97. The number of hydrogen-bond donors (Lipinski definition) is 1. The molecular formula is C18H30N2O. The largest absolute Gasteiger partial charge is 0.491 e. The second-order valence-electron chi connectivity index (χ2n) is 6.25. The van der Waals surface area contributed by atoms with Gasteiger partial charge >= 0.3 is 0 Å². The van der Waals surface area contributed by atoms with Gasteiger partial charge in [0.2, 0.25) is 0 Å². The predicted molar refractivity (Wildman–Crippen MR) is 88.9 cm³/mol. The van der Waals surface area contributed by atoms with Crippen LogP contribution in [0.1, 0.15) is 51.6 Å². The van der Waals surface area contributed by atoms with Crippen LogP contribution in [-0.2, 0) is 0 Å². The smallest absolute Gasteiger partial charge is 0.119 e. The van der Waals surface area contributed by atoms with Crippen LogP contribution < -0.4 is 10.1 Å². The Hall–Kier alpha value is -1.06. The molecule has 0 radical (unpaired) electrons. The Bertz CT molecular complexity index is 396. The van der Waals surface area contributed by atoms with Crippen LogP contribution in [0.4, 0.5) is 0 Å². The van der Waals surface area contributed by atoms with E-state index < -0.39 is 0 Å². The van der Waals surface area contributed by atoms with Crippen molar-refractivity contribution in [3.63, 3.8) is 0 Å². The van der Waals surface area contributed by atoms with Crippen LogP contribution in [0, 0.1) is 0 Å². The molecule has 1 saturated heterocycles. The first kappa shape index (κ1) is 16.3. The Labute approximate surface area is 129 Å². The fourth-order valence-corrected chi connectivity index (χ4v) is 2.88. The van der Waals surface area contributed by atoms with Gasteiger partial charge < -0.3 is 15.0 Å². The van der Waals surface area contributed by atoms with E-state index in [1.54, 1.807) is 0 Å². The van der Waals surface area contributed by atoms with Crippen LogP contribution in [0.3, 0.4) is 0 Å². The molecule has 0 amide bonds. The number of likely N-dealkylation sites (tertiary alicyclic amines) is 1. The lowest BCUT2D eigenvalue weighted by Gasteiger charge is -2.25. The summed E-state index contributed by atoms with van der Waals surface area (Å²) in [6, 6.07) is 9.04. The molecule has 0 aromatic heterocycles. The SMILES string of the molecule is CCCNC(CN1CCCC1)c1ccc(OC(C)C)cc1. The molecule has 1 aromatic rings. The summed E-state index contributed by atoms with van der Waals surface area (Å²) in [5.74, 6) is 0.962. The topological polar surface area (TPSA) is 24.5 Å². The summed E-state index contributed by atoms with van der Waals surface area (Å²) in [5.41, 5.74) is 1.37. The summed E-state index contributed by atoms with van der Waals surface area (Å²) in [4.78, 5) is 2.58. The second-order valence-corrected chi connectivity index (χ2v) is 6.25. The number of ether oxygens (including phenoxy) is 1. The number of rotatable bonds is 8. The van der Waals surface area contributed by atoms with Crippen molar-refractivity contribution < 1.29 is 4.74 Å². The van der Waals surface area contributed by atoms with Crippen molar-refractivity contribution in [2.75, 3.05) is 26.2 Å². The molecule has 2 rings (SSSR count). The Morgan fingerprint density at radius 2 is 1.81 bits per heavy atom. The zero-order valence-corrected chi connectivity index (χ0v) is 13.8. The van der Waals surface area contributed by atoms with Crippen LogP contribution in [0.2, 0.25) is 0 Å². The molecule has 1 fully saturated rings. The second kappa shape index (κ2) is 8.40. The molecule has 21 heavy (non-hydrogen) atoms. The van der Waals surface area contributed by atoms with Gasteiger partial charge in [0, 0.05) is 12.6 Å². The van der Waals surface area contributed by atoms with Gasteiger partial charge in [0.1, 0.15) is 5.75 Å². The van der Waals surface area contributed by atoms with Crippen molar-refractivity contribution in [3.8, 4) is 5.75 Å². The molecule has 0 bridgehead atoms. The number of hydrogen-bond acceptors (Lipinski definition) is 3. The summed E-state index contributed by atoms with van der Waals surface area (Å²) in [5, 5.41) is 3.69. The van der Waals surface area contributed by atoms with E-state index in [-0.39, 0.29) is 6.10 Å². The molecule has 0 aliphatic carbocycles. The number of nitrogens with zero attached hydrogens (tertiary/aromatic N) is 1. The van der Waals surface area contributed by atoms with Crippen molar-refractivity contribution >= 4 is 0 Å². The van der Waals surface area contributed by atoms with E-state index in [0.717, 1.165) is 18.8 Å². The highest BCUT2D eigenvalue weighted by molar-refractivity contribution is 5.29. The van der Waals surface area contributed by atoms with Gasteiger partial charge in [-0.3, -0.25) is 0 Å². The van der Waals surface area contributed by atoms with Crippen molar-refractivity contribution in [1.82, 2.24) is 10.2 Å². The summed E-state index contributed by atoms with van der Waals surface area (Å²) in [6.07, 6.45) is 4.10. The predicted octanol–water partition coefficient (Wildman–Crippen LogP) is 3.61. The normalized spacial score (nSPS) is 17.3. The molecule has 1 aliphatic heterocycles. The summed E-state index contributed by atoms with van der Waals surface area (Å²) < 4.78 is 5.73. The summed E-state index contributed by atoms with van der Waals surface area (Å²) >= 11 is 0. The van der Waals surface area contributed by atoms with Crippen molar-refractivity contribution in [2.24, 2.45) is 0 Å². The average molecular weight is 290 g/mol. The van der Waals surface area contributed by atoms with Crippen LogP contribution >= 0.6 is 0 Å². The first-order valence-electron chi connectivity index (χ1n) is 8.41. The minimum Gasteiger partial charge on any atom is -0.491 e. The minimum absolute atomic E-state index is 0.231. The quantitative estimate of drug-likeness (QED) is 0.791. The highest BCUT2D eigenvalue weighted by Gasteiger charge is 2.18. The first-order valence-corrected chi connectivity index (χ1v) is 8.41. The van der Waals surface area contributed by atoms with Gasteiger partial charge in [0.15, 0.2) is 0 Å². The molecule has 1 atom stereocenters.